The molecule has 35 heavy (non-hydrogen) atoms. The summed E-state index contributed by atoms with van der Waals surface area (Å²) in [4.78, 5) is 17.2. The molecule has 0 aliphatic carbocycles. The maximum atomic E-state index is 12.6. The number of piperazine rings is 1. The van der Waals surface area contributed by atoms with E-state index in [9.17, 15) is 4.79 Å². The molecule has 0 spiro atoms. The fourth-order valence-electron chi connectivity index (χ4n) is 4.02. The van der Waals surface area contributed by atoms with Crippen LogP contribution in [0.3, 0.4) is 0 Å². The van der Waals surface area contributed by atoms with E-state index in [2.05, 4.69) is 26.5 Å². The molecule has 1 heterocycles. The monoisotopic (exact) mass is 528 g/mol. The van der Waals surface area contributed by atoms with E-state index in [4.69, 9.17) is 40.2 Å². The topological polar surface area (TPSA) is 56.8 Å². The number of amides is 1. The van der Waals surface area contributed by atoms with Crippen molar-refractivity contribution in [3.63, 3.8) is 0 Å². The minimum absolute atomic E-state index is 0.179. The molecule has 0 atom stereocenters. The fourth-order valence-corrected chi connectivity index (χ4v) is 4.73. The number of rotatable bonds is 6. The lowest BCUT2D eigenvalue weighted by Crippen LogP contribution is -2.46. The second-order valence-corrected chi connectivity index (χ2v) is 9.35. The predicted octanol–water partition coefficient (Wildman–Crippen LogP) is 5.45. The van der Waals surface area contributed by atoms with E-state index in [-0.39, 0.29) is 11.0 Å². The average Bonchev–Trinajstić information content (AvgIpc) is 2.86. The van der Waals surface area contributed by atoms with E-state index in [1.54, 1.807) is 24.3 Å². The zero-order valence-corrected chi connectivity index (χ0v) is 21.6. The number of nitrogens with one attached hydrogen (secondary N) is 2. The lowest BCUT2D eigenvalue weighted by atomic mass is 10.2. The summed E-state index contributed by atoms with van der Waals surface area (Å²) in [5, 5.41) is 7.31. The molecule has 1 fully saturated rings. The summed E-state index contributed by atoms with van der Waals surface area (Å²) in [6, 6.07) is 20.6. The Bertz CT molecular complexity index is 1220. The first-order valence-electron chi connectivity index (χ1n) is 11.2. The van der Waals surface area contributed by atoms with Crippen LogP contribution in [0.1, 0.15) is 15.9 Å². The van der Waals surface area contributed by atoms with Crippen LogP contribution in [0.25, 0.3) is 0 Å². The van der Waals surface area contributed by atoms with Crippen LogP contribution in [0.5, 0.6) is 5.75 Å². The first kappa shape index (κ1) is 25.3. The molecule has 1 amide bonds. The van der Waals surface area contributed by atoms with Gasteiger partial charge in [-0.05, 0) is 54.2 Å². The van der Waals surface area contributed by atoms with Gasteiger partial charge >= 0.3 is 0 Å². The second-order valence-electron chi connectivity index (χ2n) is 8.13. The highest BCUT2D eigenvalue weighted by Gasteiger charge is 2.20. The molecule has 0 bridgehead atoms. The number of carbonyl (C=O) groups is 1. The lowest BCUT2D eigenvalue weighted by Gasteiger charge is -2.36. The van der Waals surface area contributed by atoms with Gasteiger partial charge < -0.3 is 15.0 Å². The molecule has 0 saturated carbocycles. The van der Waals surface area contributed by atoms with Gasteiger partial charge in [0.15, 0.2) is 5.11 Å². The van der Waals surface area contributed by atoms with Gasteiger partial charge in [-0.2, -0.15) is 0 Å². The molecule has 0 radical (unpaired) electrons. The van der Waals surface area contributed by atoms with Crippen molar-refractivity contribution in [2.45, 2.75) is 6.54 Å². The zero-order chi connectivity index (χ0) is 24.8. The number of carbonyl (C=O) groups excluding carboxylic acids is 1. The summed E-state index contributed by atoms with van der Waals surface area (Å²) in [5.41, 5.74) is 3.21. The van der Waals surface area contributed by atoms with Crippen LogP contribution >= 0.6 is 35.4 Å². The molecule has 3 aromatic rings. The van der Waals surface area contributed by atoms with Gasteiger partial charge in [-0.3, -0.25) is 15.0 Å². The molecule has 3 aromatic carbocycles. The summed E-state index contributed by atoms with van der Waals surface area (Å²) in [6.07, 6.45) is 0. The van der Waals surface area contributed by atoms with Crippen molar-refractivity contribution in [3.05, 3.63) is 87.9 Å². The Labute approximate surface area is 220 Å². The molecule has 0 aromatic heterocycles. The third-order valence-corrected chi connectivity index (χ3v) is 6.72. The molecular formula is C26H26Cl2N4O2S. The fraction of sp³-hybridized carbons (Fsp3) is 0.231. The number of nitrogens with zero attached hydrogens (tertiary/aromatic N) is 2. The first-order valence-corrected chi connectivity index (χ1v) is 12.4. The van der Waals surface area contributed by atoms with Gasteiger partial charge in [-0.25, -0.2) is 0 Å². The van der Waals surface area contributed by atoms with Gasteiger partial charge in [0.1, 0.15) is 5.75 Å². The van der Waals surface area contributed by atoms with Crippen LogP contribution < -0.4 is 20.3 Å². The number of anilines is 2. The molecule has 0 unspecified atom stereocenters. The average molecular weight is 529 g/mol. The molecule has 4 rings (SSSR count). The van der Waals surface area contributed by atoms with Gasteiger partial charge in [0.2, 0.25) is 0 Å². The van der Waals surface area contributed by atoms with Crippen LogP contribution in [0.2, 0.25) is 10.0 Å². The Balaban J connectivity index is 1.32. The number of hydrogen-bond acceptors (Lipinski definition) is 5. The molecule has 9 heteroatoms. The summed E-state index contributed by atoms with van der Waals surface area (Å²) in [6.45, 7) is 4.40. The zero-order valence-electron chi connectivity index (χ0n) is 19.3. The number of benzene rings is 3. The second kappa shape index (κ2) is 11.7. The number of hydrogen-bond donors (Lipinski definition) is 2. The Kier molecular flexibility index (Phi) is 8.46. The maximum Gasteiger partial charge on any atom is 0.261 e. The van der Waals surface area contributed by atoms with Crippen LogP contribution in [-0.4, -0.2) is 49.2 Å². The molecule has 2 N–H and O–H groups in total. The predicted molar refractivity (Wildman–Crippen MR) is 147 cm³/mol. The third kappa shape index (κ3) is 6.44. The van der Waals surface area contributed by atoms with Crippen LogP contribution in [0.15, 0.2) is 66.7 Å². The van der Waals surface area contributed by atoms with Gasteiger partial charge in [0, 0.05) is 43.4 Å². The van der Waals surface area contributed by atoms with Gasteiger partial charge in [0.05, 0.1) is 23.4 Å². The highest BCUT2D eigenvalue weighted by molar-refractivity contribution is 7.80. The summed E-state index contributed by atoms with van der Waals surface area (Å²) in [7, 11) is 1.52. The van der Waals surface area contributed by atoms with Crippen molar-refractivity contribution in [1.82, 2.24) is 10.2 Å². The Hall–Kier alpha value is -2.84. The molecule has 6 nitrogen and oxygen atoms in total. The molecule has 182 valence electrons. The number of thiocarbonyl (C=S) groups is 1. The van der Waals surface area contributed by atoms with E-state index in [0.717, 1.165) is 49.0 Å². The Morgan fingerprint density at radius 2 is 1.69 bits per heavy atom. The molecule has 1 saturated heterocycles. The highest BCUT2D eigenvalue weighted by atomic mass is 35.5. The van der Waals surface area contributed by atoms with Crippen molar-refractivity contribution in [2.24, 2.45) is 0 Å². The quantitative estimate of drug-likeness (QED) is 0.415. The molecule has 1 aliphatic heterocycles. The lowest BCUT2D eigenvalue weighted by molar-refractivity contribution is 0.0975. The smallest absolute Gasteiger partial charge is 0.261 e. The van der Waals surface area contributed by atoms with Crippen LogP contribution in [0.4, 0.5) is 11.4 Å². The van der Waals surface area contributed by atoms with Crippen molar-refractivity contribution in [1.29, 1.82) is 0 Å². The summed E-state index contributed by atoms with van der Waals surface area (Å²) < 4.78 is 5.24. The van der Waals surface area contributed by atoms with E-state index in [1.807, 2.05) is 36.4 Å². The summed E-state index contributed by atoms with van der Waals surface area (Å²) in [5.74, 6) is 0.129. The van der Waals surface area contributed by atoms with E-state index < -0.39 is 0 Å². The Morgan fingerprint density at radius 3 is 2.40 bits per heavy atom. The Morgan fingerprint density at radius 1 is 0.971 bits per heavy atom. The van der Waals surface area contributed by atoms with E-state index >= 15 is 0 Å². The van der Waals surface area contributed by atoms with Gasteiger partial charge in [0.25, 0.3) is 5.91 Å². The molecule has 1 aliphatic rings. The standard InChI is InChI=1S/C26H26Cl2N4O2S/c1-34-24-9-5-3-7-20(24)25(33)30-26(35)29-19-10-11-23(22(28)16-19)32-14-12-31(13-15-32)17-18-6-2-4-8-21(18)27/h2-11,16H,12-15,17H2,1H3,(H2,29,30,33,35). The number of para-hydroxylation sites is 1. The summed E-state index contributed by atoms with van der Waals surface area (Å²) >= 11 is 18.2. The minimum atomic E-state index is -0.350. The van der Waals surface area contributed by atoms with Crippen molar-refractivity contribution < 1.29 is 9.53 Å². The largest absolute Gasteiger partial charge is 0.496 e. The third-order valence-electron chi connectivity index (χ3n) is 5.85. The minimum Gasteiger partial charge on any atom is -0.496 e. The van der Waals surface area contributed by atoms with Crippen LogP contribution in [-0.2, 0) is 6.54 Å². The first-order chi connectivity index (χ1) is 16.9. The van der Waals surface area contributed by atoms with Crippen molar-refractivity contribution >= 4 is 57.8 Å². The maximum absolute atomic E-state index is 12.6. The molecular weight excluding hydrogens is 503 g/mol. The van der Waals surface area contributed by atoms with Gasteiger partial charge in [-0.1, -0.05) is 53.5 Å². The van der Waals surface area contributed by atoms with Crippen molar-refractivity contribution in [3.8, 4) is 5.75 Å². The number of halogens is 2. The van der Waals surface area contributed by atoms with Crippen LogP contribution in [0, 0.1) is 0 Å². The van der Waals surface area contributed by atoms with E-state index in [0.29, 0.717) is 22.0 Å². The van der Waals surface area contributed by atoms with E-state index in [1.165, 1.54) is 7.11 Å². The normalized spacial score (nSPS) is 13.9. The highest BCUT2D eigenvalue weighted by Crippen LogP contribution is 2.30. The van der Waals surface area contributed by atoms with Gasteiger partial charge in [-0.15, -0.1) is 0 Å². The number of ether oxygens (including phenoxy) is 1. The van der Waals surface area contributed by atoms with Crippen molar-refractivity contribution in [2.75, 3.05) is 43.5 Å². The SMILES string of the molecule is COc1ccccc1C(=O)NC(=S)Nc1ccc(N2CCN(Cc3ccccc3Cl)CC2)c(Cl)c1. The number of methoxy groups -OCH3 is 1.